The Morgan fingerprint density at radius 2 is 1.79 bits per heavy atom. The Morgan fingerprint density at radius 1 is 0.974 bits per heavy atom. The second-order valence-corrected chi connectivity index (χ2v) is 9.92. The summed E-state index contributed by atoms with van der Waals surface area (Å²) >= 11 is 9.69. The third-order valence-electron chi connectivity index (χ3n) is 5.97. The van der Waals surface area contributed by atoms with Crippen LogP contribution in [-0.4, -0.2) is 15.9 Å². The molecule has 0 aliphatic carbocycles. The van der Waals surface area contributed by atoms with E-state index in [-0.39, 0.29) is 11.4 Å². The topological polar surface area (TPSA) is 69.6 Å². The molecule has 0 atom stereocenters. The molecule has 0 saturated heterocycles. The van der Waals surface area contributed by atoms with E-state index < -0.39 is 0 Å². The molecule has 2 aromatic heterocycles. The van der Waals surface area contributed by atoms with E-state index in [9.17, 15) is 4.79 Å². The van der Waals surface area contributed by atoms with Crippen molar-refractivity contribution in [2.75, 3.05) is 0 Å². The molecule has 0 aliphatic rings. The van der Waals surface area contributed by atoms with Gasteiger partial charge in [0.2, 0.25) is 5.82 Å². The summed E-state index contributed by atoms with van der Waals surface area (Å²) in [5, 5.41) is 6.41. The molecule has 0 unspecified atom stereocenters. The molecular formula is C30H19BrClN3O3. The fourth-order valence-corrected chi connectivity index (χ4v) is 4.68. The standard InChI is InChI=1S/C30H19BrClN3O3/c31-22-10-12-26(37-18-19-6-2-1-3-7-19)21(14-22)17-33-35-29(34-25-9-5-4-8-24(25)30(35)36)28-16-20-15-23(32)11-13-27(20)38-28/h1-17H,18H2. The van der Waals surface area contributed by atoms with Crippen molar-refractivity contribution in [3.63, 3.8) is 0 Å². The highest BCUT2D eigenvalue weighted by atomic mass is 79.9. The van der Waals surface area contributed by atoms with Gasteiger partial charge in [-0.05, 0) is 60.2 Å². The average Bonchev–Trinajstić information content (AvgIpc) is 3.35. The van der Waals surface area contributed by atoms with Crippen molar-refractivity contribution in [3.8, 4) is 17.3 Å². The number of halogens is 2. The van der Waals surface area contributed by atoms with Crippen LogP contribution in [0.4, 0.5) is 0 Å². The van der Waals surface area contributed by atoms with Crippen LogP contribution in [0.5, 0.6) is 5.75 Å². The summed E-state index contributed by atoms with van der Waals surface area (Å²) in [5.41, 5.74) is 2.60. The maximum Gasteiger partial charge on any atom is 0.282 e. The lowest BCUT2D eigenvalue weighted by Gasteiger charge is -2.10. The zero-order valence-corrected chi connectivity index (χ0v) is 22.2. The molecule has 0 bridgehead atoms. The summed E-state index contributed by atoms with van der Waals surface area (Å²) in [6.45, 7) is 0.396. The van der Waals surface area contributed by atoms with E-state index in [1.54, 1.807) is 48.7 Å². The number of fused-ring (bicyclic) bond motifs is 2. The zero-order chi connectivity index (χ0) is 26.1. The fraction of sp³-hybridized carbons (Fsp3) is 0.0333. The molecule has 4 aromatic carbocycles. The fourth-order valence-electron chi connectivity index (χ4n) is 4.12. The molecule has 6 nitrogen and oxygen atoms in total. The van der Waals surface area contributed by atoms with Crippen LogP contribution in [0.2, 0.25) is 5.02 Å². The predicted molar refractivity (Wildman–Crippen MR) is 154 cm³/mol. The van der Waals surface area contributed by atoms with Crippen molar-refractivity contribution >= 4 is 55.6 Å². The second-order valence-electron chi connectivity index (χ2n) is 8.56. The first kappa shape index (κ1) is 24.2. The summed E-state index contributed by atoms with van der Waals surface area (Å²) in [6, 6.07) is 29.8. The van der Waals surface area contributed by atoms with Crippen LogP contribution in [0.3, 0.4) is 0 Å². The summed E-state index contributed by atoms with van der Waals surface area (Å²) in [7, 11) is 0. The molecule has 38 heavy (non-hydrogen) atoms. The van der Waals surface area contributed by atoms with Crippen molar-refractivity contribution in [1.29, 1.82) is 0 Å². The van der Waals surface area contributed by atoms with Crippen LogP contribution in [-0.2, 0) is 6.61 Å². The molecule has 186 valence electrons. The Labute approximate surface area is 230 Å². The molecule has 0 fully saturated rings. The van der Waals surface area contributed by atoms with Gasteiger partial charge in [-0.1, -0.05) is 70.0 Å². The molecule has 0 spiro atoms. The largest absolute Gasteiger partial charge is 0.488 e. The first-order valence-corrected chi connectivity index (χ1v) is 12.9. The van der Waals surface area contributed by atoms with Gasteiger partial charge in [-0.15, -0.1) is 0 Å². The zero-order valence-electron chi connectivity index (χ0n) is 19.8. The number of hydrogen-bond donors (Lipinski definition) is 0. The van der Waals surface area contributed by atoms with E-state index in [4.69, 9.17) is 25.7 Å². The van der Waals surface area contributed by atoms with Crippen molar-refractivity contribution in [3.05, 3.63) is 128 Å². The van der Waals surface area contributed by atoms with Gasteiger partial charge in [0.05, 0.1) is 17.1 Å². The summed E-state index contributed by atoms with van der Waals surface area (Å²) < 4.78 is 14.2. The third kappa shape index (κ3) is 4.86. The number of ether oxygens (including phenoxy) is 1. The molecule has 6 aromatic rings. The van der Waals surface area contributed by atoms with Gasteiger partial charge >= 0.3 is 0 Å². The minimum Gasteiger partial charge on any atom is -0.488 e. The number of nitrogens with zero attached hydrogens (tertiary/aromatic N) is 3. The number of hydrogen-bond acceptors (Lipinski definition) is 5. The Morgan fingerprint density at radius 3 is 2.66 bits per heavy atom. The molecule has 6 rings (SSSR count). The van der Waals surface area contributed by atoms with Gasteiger partial charge < -0.3 is 9.15 Å². The van der Waals surface area contributed by atoms with E-state index >= 15 is 0 Å². The quantitative estimate of drug-likeness (QED) is 0.188. The average molecular weight is 585 g/mol. The Hall–Kier alpha value is -4.20. The van der Waals surface area contributed by atoms with Gasteiger partial charge in [-0.2, -0.15) is 9.78 Å². The second kappa shape index (κ2) is 10.3. The van der Waals surface area contributed by atoms with Crippen LogP contribution in [0.1, 0.15) is 11.1 Å². The maximum absolute atomic E-state index is 13.6. The molecule has 0 amide bonds. The maximum atomic E-state index is 13.6. The first-order valence-electron chi connectivity index (χ1n) is 11.8. The molecule has 0 aliphatic heterocycles. The van der Waals surface area contributed by atoms with E-state index in [1.807, 2.05) is 54.6 Å². The molecule has 0 radical (unpaired) electrons. The number of furan rings is 1. The van der Waals surface area contributed by atoms with Crippen LogP contribution in [0.15, 0.2) is 116 Å². The monoisotopic (exact) mass is 583 g/mol. The minimum atomic E-state index is -0.318. The minimum absolute atomic E-state index is 0.277. The Bertz CT molecular complexity index is 1880. The molecule has 2 heterocycles. The van der Waals surface area contributed by atoms with Gasteiger partial charge in [0.1, 0.15) is 17.9 Å². The molecule has 0 saturated carbocycles. The highest BCUT2D eigenvalue weighted by molar-refractivity contribution is 9.10. The highest BCUT2D eigenvalue weighted by Crippen LogP contribution is 2.29. The normalized spacial score (nSPS) is 11.5. The van der Waals surface area contributed by atoms with Gasteiger partial charge in [0.25, 0.3) is 5.56 Å². The van der Waals surface area contributed by atoms with Crippen LogP contribution in [0, 0.1) is 0 Å². The summed E-state index contributed by atoms with van der Waals surface area (Å²) in [5.74, 6) is 1.30. The Balaban J connectivity index is 1.45. The molecular weight excluding hydrogens is 566 g/mol. The van der Waals surface area contributed by atoms with Crippen molar-refractivity contribution in [2.45, 2.75) is 6.61 Å². The predicted octanol–water partition coefficient (Wildman–Crippen LogP) is 7.69. The molecule has 0 N–H and O–H groups in total. The highest BCUT2D eigenvalue weighted by Gasteiger charge is 2.17. The van der Waals surface area contributed by atoms with Gasteiger partial charge in [-0.3, -0.25) is 4.79 Å². The van der Waals surface area contributed by atoms with Crippen molar-refractivity contribution < 1.29 is 9.15 Å². The molecule has 8 heteroatoms. The lowest BCUT2D eigenvalue weighted by atomic mass is 10.2. The van der Waals surface area contributed by atoms with E-state index in [0.717, 1.165) is 15.4 Å². The van der Waals surface area contributed by atoms with Crippen LogP contribution < -0.4 is 10.3 Å². The summed E-state index contributed by atoms with van der Waals surface area (Å²) in [4.78, 5) is 18.3. The van der Waals surface area contributed by atoms with E-state index in [0.29, 0.717) is 45.2 Å². The van der Waals surface area contributed by atoms with Gasteiger partial charge in [0, 0.05) is 20.4 Å². The lowest BCUT2D eigenvalue weighted by Crippen LogP contribution is -2.20. The number of rotatable bonds is 6. The van der Waals surface area contributed by atoms with Gasteiger partial charge in [-0.25, -0.2) is 4.98 Å². The van der Waals surface area contributed by atoms with E-state index in [2.05, 4.69) is 21.0 Å². The third-order valence-corrected chi connectivity index (χ3v) is 6.70. The number of para-hydroxylation sites is 1. The first-order chi connectivity index (χ1) is 18.5. The Kier molecular flexibility index (Phi) is 6.54. The van der Waals surface area contributed by atoms with Gasteiger partial charge in [0.15, 0.2) is 5.76 Å². The lowest BCUT2D eigenvalue weighted by molar-refractivity contribution is 0.305. The van der Waals surface area contributed by atoms with E-state index in [1.165, 1.54) is 4.68 Å². The number of benzene rings is 4. The summed E-state index contributed by atoms with van der Waals surface area (Å²) in [6.07, 6.45) is 1.59. The van der Waals surface area contributed by atoms with Crippen molar-refractivity contribution in [2.24, 2.45) is 5.10 Å². The SMILES string of the molecule is O=c1c2ccccc2nc(-c2cc3cc(Cl)ccc3o2)n1N=Cc1cc(Br)ccc1OCc1ccccc1. The number of aromatic nitrogens is 2. The van der Waals surface area contributed by atoms with Crippen molar-refractivity contribution in [1.82, 2.24) is 9.66 Å². The van der Waals surface area contributed by atoms with Crippen LogP contribution >= 0.6 is 27.5 Å². The van der Waals surface area contributed by atoms with Crippen LogP contribution in [0.25, 0.3) is 33.5 Å². The smallest absolute Gasteiger partial charge is 0.282 e.